The van der Waals surface area contributed by atoms with Crippen molar-refractivity contribution in [1.29, 1.82) is 0 Å². The molecule has 20 heavy (non-hydrogen) atoms. The van der Waals surface area contributed by atoms with Gasteiger partial charge in [0.25, 0.3) is 10.1 Å². The molecule has 0 aliphatic carbocycles. The molecule has 0 spiro atoms. The van der Waals surface area contributed by atoms with Gasteiger partial charge < -0.3 is 0 Å². The molecule has 2 atom stereocenters. The second kappa shape index (κ2) is 11.3. The van der Waals surface area contributed by atoms with Gasteiger partial charge in [0, 0.05) is 0 Å². The molecule has 0 saturated carbocycles. The van der Waals surface area contributed by atoms with Crippen LogP contribution >= 0.6 is 0 Å². The van der Waals surface area contributed by atoms with Gasteiger partial charge in [0.1, 0.15) is 0 Å². The van der Waals surface area contributed by atoms with E-state index >= 15 is 0 Å². The summed E-state index contributed by atoms with van der Waals surface area (Å²) >= 11 is 0. The fraction of sp³-hybridized carbons (Fsp3) is 0.875. The predicted octanol–water partition coefficient (Wildman–Crippen LogP) is 4.99. The molecule has 0 aliphatic heterocycles. The minimum atomic E-state index is -3.90. The first-order valence-electron chi connectivity index (χ1n) is 8.04. The van der Waals surface area contributed by atoms with Gasteiger partial charge in [-0.2, -0.15) is 8.42 Å². The van der Waals surface area contributed by atoms with E-state index in [2.05, 4.69) is 13.0 Å². The molecule has 0 saturated heterocycles. The van der Waals surface area contributed by atoms with E-state index in [-0.39, 0.29) is 5.92 Å². The third-order valence-electron chi connectivity index (χ3n) is 3.84. The highest BCUT2D eigenvalue weighted by Gasteiger charge is 2.23. The van der Waals surface area contributed by atoms with Crippen molar-refractivity contribution < 1.29 is 13.0 Å². The van der Waals surface area contributed by atoms with Gasteiger partial charge in [0.2, 0.25) is 0 Å². The Labute approximate surface area is 125 Å². The number of hydrogen-bond acceptors (Lipinski definition) is 2. The Balaban J connectivity index is 4.16. The molecule has 3 nitrogen and oxygen atoms in total. The molecule has 0 bridgehead atoms. The molecular weight excluding hydrogens is 272 g/mol. The van der Waals surface area contributed by atoms with Crippen molar-refractivity contribution in [2.24, 2.45) is 5.92 Å². The molecule has 0 aromatic carbocycles. The fourth-order valence-electron chi connectivity index (χ4n) is 2.59. The third-order valence-corrected chi connectivity index (χ3v) is 5.20. The minimum absolute atomic E-state index is 0.262. The number of allylic oxidation sites excluding steroid dienone is 2. The van der Waals surface area contributed by atoms with Crippen molar-refractivity contribution in [3.8, 4) is 0 Å². The van der Waals surface area contributed by atoms with Crippen LogP contribution in [0.3, 0.4) is 0 Å². The largest absolute Gasteiger partial charge is 0.285 e. The van der Waals surface area contributed by atoms with Crippen LogP contribution < -0.4 is 0 Å². The molecule has 4 heteroatoms. The lowest BCUT2D eigenvalue weighted by molar-refractivity contribution is 0.429. The van der Waals surface area contributed by atoms with E-state index < -0.39 is 15.4 Å². The average Bonchev–Trinajstić information content (AvgIpc) is 2.38. The maximum atomic E-state index is 11.3. The molecular formula is C16H32O3S. The highest BCUT2D eigenvalue weighted by atomic mass is 32.2. The number of rotatable bonds is 12. The van der Waals surface area contributed by atoms with E-state index in [0.29, 0.717) is 12.8 Å². The zero-order chi connectivity index (χ0) is 15.4. The summed E-state index contributed by atoms with van der Waals surface area (Å²) in [4.78, 5) is 0. The summed E-state index contributed by atoms with van der Waals surface area (Å²) in [5, 5.41) is -0.621. The topological polar surface area (TPSA) is 54.4 Å². The fourth-order valence-corrected chi connectivity index (χ4v) is 3.50. The summed E-state index contributed by atoms with van der Waals surface area (Å²) < 4.78 is 31.8. The van der Waals surface area contributed by atoms with E-state index in [0.717, 1.165) is 12.8 Å². The van der Waals surface area contributed by atoms with Gasteiger partial charge in [0.05, 0.1) is 5.25 Å². The Kier molecular flexibility index (Phi) is 11.1. The third kappa shape index (κ3) is 9.54. The zero-order valence-electron chi connectivity index (χ0n) is 13.3. The molecule has 0 aliphatic rings. The first kappa shape index (κ1) is 19.7. The normalized spacial score (nSPS) is 15.6. The summed E-state index contributed by atoms with van der Waals surface area (Å²) in [5.41, 5.74) is 0. The van der Waals surface area contributed by atoms with Gasteiger partial charge in [0.15, 0.2) is 0 Å². The van der Waals surface area contributed by atoms with Crippen molar-refractivity contribution in [3.05, 3.63) is 12.2 Å². The summed E-state index contributed by atoms with van der Waals surface area (Å²) in [6.07, 6.45) is 13.6. The molecule has 1 N–H and O–H groups in total. The SMILES string of the molecule is CC=CC(CCCCCCCC)CC(CC)S(=O)(=O)O. The Hall–Kier alpha value is -0.350. The van der Waals surface area contributed by atoms with Crippen molar-refractivity contribution in [3.63, 3.8) is 0 Å². The van der Waals surface area contributed by atoms with Crippen LogP contribution in [0.1, 0.15) is 78.6 Å². The lowest BCUT2D eigenvalue weighted by atomic mass is 9.94. The molecule has 2 unspecified atom stereocenters. The lowest BCUT2D eigenvalue weighted by Crippen LogP contribution is -2.22. The maximum Gasteiger partial charge on any atom is 0.267 e. The molecule has 0 rings (SSSR count). The average molecular weight is 304 g/mol. The maximum absolute atomic E-state index is 11.3. The van der Waals surface area contributed by atoms with Gasteiger partial charge in [-0.25, -0.2) is 0 Å². The van der Waals surface area contributed by atoms with Crippen LogP contribution in [0.25, 0.3) is 0 Å². The van der Waals surface area contributed by atoms with Crippen molar-refractivity contribution >= 4 is 10.1 Å². The molecule has 120 valence electrons. The van der Waals surface area contributed by atoms with Crippen LogP contribution in [0.15, 0.2) is 12.2 Å². The van der Waals surface area contributed by atoms with Crippen LogP contribution in [0.4, 0.5) is 0 Å². The van der Waals surface area contributed by atoms with Gasteiger partial charge in [-0.1, -0.05) is 64.5 Å². The molecule has 0 aromatic rings. The smallest absolute Gasteiger partial charge is 0.267 e. The van der Waals surface area contributed by atoms with Crippen LogP contribution in [-0.4, -0.2) is 18.2 Å². The number of hydrogen-bond donors (Lipinski definition) is 1. The standard InChI is InChI=1S/C16H32O3S/c1-4-7-8-9-10-11-13-15(12-5-2)14-16(6-3)20(17,18)19/h5,12,15-16H,4,6-11,13-14H2,1-3H3,(H,17,18,19). The Morgan fingerprint density at radius 3 is 2.15 bits per heavy atom. The monoisotopic (exact) mass is 304 g/mol. The Morgan fingerprint density at radius 2 is 1.65 bits per heavy atom. The van der Waals surface area contributed by atoms with Gasteiger partial charge in [-0.05, 0) is 32.1 Å². The van der Waals surface area contributed by atoms with Crippen LogP contribution in [0.5, 0.6) is 0 Å². The number of unbranched alkanes of at least 4 members (excludes halogenated alkanes) is 5. The summed E-state index contributed by atoms with van der Waals surface area (Å²) in [7, 11) is -3.90. The second-order valence-corrected chi connectivity index (χ2v) is 7.32. The summed E-state index contributed by atoms with van der Waals surface area (Å²) in [6.45, 7) is 5.99. The summed E-state index contributed by atoms with van der Waals surface area (Å²) in [5.74, 6) is 0.262. The highest BCUT2D eigenvalue weighted by molar-refractivity contribution is 7.86. The first-order valence-corrected chi connectivity index (χ1v) is 9.55. The van der Waals surface area contributed by atoms with Crippen LogP contribution in [0, 0.1) is 5.92 Å². The quantitative estimate of drug-likeness (QED) is 0.314. The van der Waals surface area contributed by atoms with Crippen LogP contribution in [-0.2, 0) is 10.1 Å². The highest BCUT2D eigenvalue weighted by Crippen LogP contribution is 2.22. The molecule has 0 radical (unpaired) electrons. The van der Waals surface area contributed by atoms with E-state index in [1.165, 1.54) is 32.1 Å². The molecule has 0 heterocycles. The first-order chi connectivity index (χ1) is 9.45. The van der Waals surface area contributed by atoms with Gasteiger partial charge in [-0.3, -0.25) is 4.55 Å². The Bertz CT molecular complexity index is 347. The predicted molar refractivity (Wildman–Crippen MR) is 86.5 cm³/mol. The van der Waals surface area contributed by atoms with Crippen molar-refractivity contribution in [1.82, 2.24) is 0 Å². The molecule has 0 amide bonds. The molecule has 0 fully saturated rings. The minimum Gasteiger partial charge on any atom is -0.285 e. The lowest BCUT2D eigenvalue weighted by Gasteiger charge is -2.18. The van der Waals surface area contributed by atoms with Crippen molar-refractivity contribution in [2.45, 2.75) is 83.8 Å². The second-order valence-electron chi connectivity index (χ2n) is 5.62. The van der Waals surface area contributed by atoms with Crippen LogP contribution in [0.2, 0.25) is 0 Å². The zero-order valence-corrected chi connectivity index (χ0v) is 14.2. The van der Waals surface area contributed by atoms with Gasteiger partial charge in [-0.15, -0.1) is 0 Å². The summed E-state index contributed by atoms with van der Waals surface area (Å²) in [6, 6.07) is 0. The van der Waals surface area contributed by atoms with E-state index in [4.69, 9.17) is 0 Å². The van der Waals surface area contributed by atoms with Crippen molar-refractivity contribution in [2.75, 3.05) is 0 Å². The van der Waals surface area contributed by atoms with Gasteiger partial charge >= 0.3 is 0 Å². The Morgan fingerprint density at radius 1 is 1.05 bits per heavy atom. The van der Waals surface area contributed by atoms with E-state index in [9.17, 15) is 13.0 Å². The van der Waals surface area contributed by atoms with E-state index in [1.54, 1.807) is 0 Å². The van der Waals surface area contributed by atoms with E-state index in [1.807, 2.05) is 19.9 Å². The molecule has 0 aromatic heterocycles.